The Bertz CT molecular complexity index is 770. The third kappa shape index (κ3) is 5.33. The fourth-order valence-corrected chi connectivity index (χ4v) is 3.26. The third-order valence-corrected chi connectivity index (χ3v) is 4.80. The SMILES string of the molecule is C[C@@H](Oc1ccccc1C(=O)NCc1ccccc1)C(=O)NC1CCCC1. The highest BCUT2D eigenvalue weighted by molar-refractivity contribution is 5.97. The summed E-state index contributed by atoms with van der Waals surface area (Å²) in [6.45, 7) is 2.15. The van der Waals surface area contributed by atoms with Gasteiger partial charge in [0.1, 0.15) is 5.75 Å². The van der Waals surface area contributed by atoms with E-state index < -0.39 is 6.10 Å². The molecule has 5 nitrogen and oxygen atoms in total. The minimum absolute atomic E-state index is 0.138. The Hall–Kier alpha value is -2.82. The molecule has 1 atom stereocenters. The Morgan fingerprint density at radius 3 is 2.44 bits per heavy atom. The summed E-state index contributed by atoms with van der Waals surface area (Å²) < 4.78 is 5.82. The van der Waals surface area contributed by atoms with Crippen molar-refractivity contribution in [3.63, 3.8) is 0 Å². The van der Waals surface area contributed by atoms with Gasteiger partial charge in [-0.3, -0.25) is 9.59 Å². The van der Waals surface area contributed by atoms with Crippen molar-refractivity contribution in [2.75, 3.05) is 0 Å². The molecule has 0 aromatic heterocycles. The monoisotopic (exact) mass is 366 g/mol. The molecule has 0 saturated heterocycles. The fourth-order valence-electron chi connectivity index (χ4n) is 3.26. The first kappa shape index (κ1) is 19.0. The Labute approximate surface area is 160 Å². The van der Waals surface area contributed by atoms with E-state index in [1.807, 2.05) is 30.3 Å². The highest BCUT2D eigenvalue weighted by Crippen LogP contribution is 2.21. The molecule has 27 heavy (non-hydrogen) atoms. The van der Waals surface area contributed by atoms with Crippen LogP contribution in [0, 0.1) is 0 Å². The van der Waals surface area contributed by atoms with Crippen LogP contribution in [0.25, 0.3) is 0 Å². The van der Waals surface area contributed by atoms with E-state index in [1.54, 1.807) is 31.2 Å². The third-order valence-electron chi connectivity index (χ3n) is 4.80. The van der Waals surface area contributed by atoms with Crippen LogP contribution in [0.15, 0.2) is 54.6 Å². The summed E-state index contributed by atoms with van der Waals surface area (Å²) in [5.74, 6) is 0.0522. The van der Waals surface area contributed by atoms with Crippen LogP contribution >= 0.6 is 0 Å². The average Bonchev–Trinajstić information content (AvgIpc) is 3.20. The lowest BCUT2D eigenvalue weighted by Crippen LogP contribution is -2.41. The summed E-state index contributed by atoms with van der Waals surface area (Å²) in [5, 5.41) is 5.93. The van der Waals surface area contributed by atoms with Gasteiger partial charge in [0.25, 0.3) is 11.8 Å². The van der Waals surface area contributed by atoms with E-state index in [4.69, 9.17) is 4.74 Å². The second kappa shape index (κ2) is 9.21. The molecule has 2 aromatic carbocycles. The highest BCUT2D eigenvalue weighted by Gasteiger charge is 2.23. The van der Waals surface area contributed by atoms with Crippen molar-refractivity contribution >= 4 is 11.8 Å². The number of carbonyl (C=O) groups is 2. The van der Waals surface area contributed by atoms with E-state index >= 15 is 0 Å². The lowest BCUT2D eigenvalue weighted by atomic mass is 10.1. The predicted molar refractivity (Wildman–Crippen MR) is 105 cm³/mol. The lowest BCUT2D eigenvalue weighted by Gasteiger charge is -2.19. The van der Waals surface area contributed by atoms with Gasteiger partial charge in [-0.05, 0) is 37.5 Å². The summed E-state index contributed by atoms with van der Waals surface area (Å²) in [7, 11) is 0. The maximum absolute atomic E-state index is 12.6. The lowest BCUT2D eigenvalue weighted by molar-refractivity contribution is -0.128. The second-order valence-corrected chi connectivity index (χ2v) is 6.91. The molecule has 142 valence electrons. The Kier molecular flexibility index (Phi) is 6.47. The van der Waals surface area contributed by atoms with Crippen molar-refractivity contribution in [2.24, 2.45) is 0 Å². The largest absolute Gasteiger partial charge is 0.480 e. The van der Waals surface area contributed by atoms with Gasteiger partial charge in [0.2, 0.25) is 0 Å². The minimum Gasteiger partial charge on any atom is -0.480 e. The van der Waals surface area contributed by atoms with E-state index in [9.17, 15) is 9.59 Å². The molecule has 0 aliphatic heterocycles. The molecule has 0 radical (unpaired) electrons. The van der Waals surface area contributed by atoms with Crippen LogP contribution in [-0.2, 0) is 11.3 Å². The van der Waals surface area contributed by atoms with E-state index in [-0.39, 0.29) is 17.9 Å². The van der Waals surface area contributed by atoms with E-state index in [2.05, 4.69) is 10.6 Å². The van der Waals surface area contributed by atoms with Gasteiger partial charge >= 0.3 is 0 Å². The Morgan fingerprint density at radius 1 is 1.04 bits per heavy atom. The molecule has 0 unspecified atom stereocenters. The normalized spacial score (nSPS) is 15.1. The number of nitrogens with one attached hydrogen (secondary N) is 2. The maximum atomic E-state index is 12.6. The molecule has 1 aliphatic rings. The van der Waals surface area contributed by atoms with Crippen LogP contribution in [0.2, 0.25) is 0 Å². The molecule has 0 spiro atoms. The minimum atomic E-state index is -0.659. The standard InChI is InChI=1S/C22H26N2O3/c1-16(21(25)24-18-11-5-6-12-18)27-20-14-8-7-13-19(20)22(26)23-15-17-9-3-2-4-10-17/h2-4,7-10,13-14,16,18H,5-6,11-12,15H2,1H3,(H,23,26)(H,24,25)/t16-/m1/s1. The first-order valence-corrected chi connectivity index (χ1v) is 9.51. The van der Waals surface area contributed by atoms with Gasteiger partial charge in [0.15, 0.2) is 6.10 Å². The van der Waals surface area contributed by atoms with Crippen LogP contribution in [0.4, 0.5) is 0 Å². The van der Waals surface area contributed by atoms with E-state index in [0.29, 0.717) is 17.9 Å². The van der Waals surface area contributed by atoms with Crippen molar-refractivity contribution in [1.82, 2.24) is 10.6 Å². The maximum Gasteiger partial charge on any atom is 0.260 e. The first-order valence-electron chi connectivity index (χ1n) is 9.51. The average molecular weight is 366 g/mol. The molecule has 2 N–H and O–H groups in total. The number of benzene rings is 2. The first-order chi connectivity index (χ1) is 13.1. The van der Waals surface area contributed by atoms with Crippen LogP contribution in [0.1, 0.15) is 48.5 Å². The number of carbonyl (C=O) groups excluding carboxylic acids is 2. The quantitative estimate of drug-likeness (QED) is 0.789. The zero-order valence-electron chi connectivity index (χ0n) is 15.6. The molecule has 1 aliphatic carbocycles. The molecule has 2 aromatic rings. The van der Waals surface area contributed by atoms with Gasteiger partial charge in [-0.1, -0.05) is 55.3 Å². The molecule has 1 fully saturated rings. The van der Waals surface area contributed by atoms with Gasteiger partial charge in [-0.25, -0.2) is 0 Å². The molecule has 0 heterocycles. The van der Waals surface area contributed by atoms with Gasteiger partial charge in [-0.2, -0.15) is 0 Å². The molecule has 0 bridgehead atoms. The van der Waals surface area contributed by atoms with Crippen molar-refractivity contribution in [2.45, 2.75) is 51.3 Å². The molecular formula is C22H26N2O3. The summed E-state index contributed by atoms with van der Waals surface area (Å²) in [5.41, 5.74) is 1.45. The van der Waals surface area contributed by atoms with Crippen molar-refractivity contribution in [3.05, 3.63) is 65.7 Å². The number of amides is 2. The summed E-state index contributed by atoms with van der Waals surface area (Å²) >= 11 is 0. The number of hydrogen-bond donors (Lipinski definition) is 2. The number of ether oxygens (including phenoxy) is 1. The van der Waals surface area contributed by atoms with Gasteiger partial charge < -0.3 is 15.4 Å². The molecule has 1 saturated carbocycles. The molecule has 2 amide bonds. The van der Waals surface area contributed by atoms with E-state index in [1.165, 1.54) is 0 Å². The van der Waals surface area contributed by atoms with Crippen LogP contribution < -0.4 is 15.4 Å². The Balaban J connectivity index is 1.60. The van der Waals surface area contributed by atoms with Crippen molar-refractivity contribution in [3.8, 4) is 5.75 Å². The van der Waals surface area contributed by atoms with Gasteiger partial charge in [0.05, 0.1) is 5.56 Å². The van der Waals surface area contributed by atoms with Crippen molar-refractivity contribution in [1.29, 1.82) is 0 Å². The summed E-state index contributed by atoms with van der Waals surface area (Å²) in [6.07, 6.45) is 3.71. The van der Waals surface area contributed by atoms with Crippen LogP contribution in [0.5, 0.6) is 5.75 Å². The van der Waals surface area contributed by atoms with Crippen molar-refractivity contribution < 1.29 is 14.3 Å². The molecule has 5 heteroatoms. The Morgan fingerprint density at radius 2 is 1.70 bits per heavy atom. The second-order valence-electron chi connectivity index (χ2n) is 6.91. The number of hydrogen-bond acceptors (Lipinski definition) is 3. The zero-order valence-corrected chi connectivity index (χ0v) is 15.6. The molecule has 3 rings (SSSR count). The van der Waals surface area contributed by atoms with Gasteiger partial charge in [-0.15, -0.1) is 0 Å². The summed E-state index contributed by atoms with van der Waals surface area (Å²) in [6, 6.07) is 17.0. The molecular weight excluding hydrogens is 340 g/mol. The highest BCUT2D eigenvalue weighted by atomic mass is 16.5. The number of rotatable bonds is 7. The predicted octanol–water partition coefficient (Wildman–Crippen LogP) is 3.44. The smallest absolute Gasteiger partial charge is 0.260 e. The fraction of sp³-hybridized carbons (Fsp3) is 0.364. The van der Waals surface area contributed by atoms with Gasteiger partial charge in [0, 0.05) is 12.6 Å². The van der Waals surface area contributed by atoms with Crippen LogP contribution in [-0.4, -0.2) is 24.0 Å². The van der Waals surface area contributed by atoms with Crippen LogP contribution in [0.3, 0.4) is 0 Å². The summed E-state index contributed by atoms with van der Waals surface area (Å²) in [4.78, 5) is 24.9. The topological polar surface area (TPSA) is 67.4 Å². The van der Waals surface area contributed by atoms with E-state index in [0.717, 1.165) is 31.2 Å². The number of para-hydroxylation sites is 1. The zero-order chi connectivity index (χ0) is 19.1.